The van der Waals surface area contributed by atoms with Gasteiger partial charge in [0.2, 0.25) is 0 Å². The van der Waals surface area contributed by atoms with E-state index in [1.807, 2.05) is 0 Å². The van der Waals surface area contributed by atoms with Crippen LogP contribution in [0.5, 0.6) is 0 Å². The van der Waals surface area contributed by atoms with Gasteiger partial charge in [-0.1, -0.05) is 6.92 Å². The minimum atomic E-state index is -3.07. The van der Waals surface area contributed by atoms with Crippen molar-refractivity contribution < 1.29 is 23.1 Å². The first-order valence-corrected chi connectivity index (χ1v) is 7.66. The van der Waals surface area contributed by atoms with Gasteiger partial charge in [-0.05, 0) is 12.8 Å². The van der Waals surface area contributed by atoms with Gasteiger partial charge in [0.05, 0.1) is 11.5 Å². The molecule has 104 valence electrons. The Morgan fingerprint density at radius 1 is 1.33 bits per heavy atom. The van der Waals surface area contributed by atoms with Gasteiger partial charge in [0.15, 0.2) is 9.84 Å². The number of amides is 2. The molecule has 1 heterocycles. The number of carboxylic acids is 1. The van der Waals surface area contributed by atoms with E-state index in [9.17, 15) is 18.0 Å². The highest BCUT2D eigenvalue weighted by Crippen LogP contribution is 2.05. The first kappa shape index (κ1) is 14.7. The van der Waals surface area contributed by atoms with Gasteiger partial charge in [-0.2, -0.15) is 0 Å². The molecule has 1 fully saturated rings. The van der Waals surface area contributed by atoms with Crippen LogP contribution in [0.1, 0.15) is 19.8 Å². The third kappa shape index (κ3) is 4.17. The summed E-state index contributed by atoms with van der Waals surface area (Å²) in [6.07, 6.45) is 0.673. The van der Waals surface area contributed by atoms with Crippen molar-refractivity contribution in [2.75, 3.05) is 24.6 Å². The number of nitrogens with one attached hydrogen (secondary N) is 1. The number of hydrogen-bond donors (Lipinski definition) is 2. The summed E-state index contributed by atoms with van der Waals surface area (Å²) in [5.41, 5.74) is 0. The molecule has 0 unspecified atom stereocenters. The molecule has 2 amide bonds. The summed E-state index contributed by atoms with van der Waals surface area (Å²) < 4.78 is 22.7. The van der Waals surface area contributed by atoms with Gasteiger partial charge in [-0.3, -0.25) is 0 Å². The lowest BCUT2D eigenvalue weighted by Crippen LogP contribution is -2.48. The maximum Gasteiger partial charge on any atom is 0.326 e. The smallest absolute Gasteiger partial charge is 0.326 e. The Labute approximate surface area is 106 Å². The van der Waals surface area contributed by atoms with E-state index < -0.39 is 27.9 Å². The lowest BCUT2D eigenvalue weighted by atomic mass is 10.2. The maximum atomic E-state index is 11.8. The molecule has 18 heavy (non-hydrogen) atoms. The second-order valence-electron chi connectivity index (χ2n) is 4.24. The molecule has 1 saturated heterocycles. The summed E-state index contributed by atoms with van der Waals surface area (Å²) in [6.45, 7) is 2.11. The summed E-state index contributed by atoms with van der Waals surface area (Å²) in [7, 11) is -3.07. The van der Waals surface area contributed by atoms with Gasteiger partial charge in [-0.15, -0.1) is 0 Å². The van der Waals surface area contributed by atoms with Crippen LogP contribution >= 0.6 is 0 Å². The molecule has 1 aliphatic rings. The zero-order valence-electron chi connectivity index (χ0n) is 10.3. The van der Waals surface area contributed by atoms with Crippen LogP contribution in [0.2, 0.25) is 0 Å². The molecule has 1 aliphatic heterocycles. The highest BCUT2D eigenvalue weighted by atomic mass is 32.2. The van der Waals surface area contributed by atoms with Crippen LogP contribution in [0, 0.1) is 0 Å². The van der Waals surface area contributed by atoms with E-state index in [0.717, 1.165) is 0 Å². The Morgan fingerprint density at radius 2 is 2.00 bits per heavy atom. The molecule has 0 aliphatic carbocycles. The molecule has 7 nitrogen and oxygen atoms in total. The molecule has 0 bridgehead atoms. The Morgan fingerprint density at radius 3 is 2.56 bits per heavy atom. The lowest BCUT2D eigenvalue weighted by Gasteiger charge is -2.22. The van der Waals surface area contributed by atoms with Crippen molar-refractivity contribution >= 4 is 21.8 Å². The fourth-order valence-electron chi connectivity index (χ4n) is 1.72. The van der Waals surface area contributed by atoms with E-state index in [2.05, 4.69) is 5.32 Å². The quantitative estimate of drug-likeness (QED) is 0.736. The third-order valence-electron chi connectivity index (χ3n) is 2.85. The van der Waals surface area contributed by atoms with E-state index in [0.29, 0.717) is 13.0 Å². The number of nitrogens with zero attached hydrogens (tertiary/aromatic N) is 1. The molecule has 0 radical (unpaired) electrons. The Bertz CT molecular complexity index is 420. The zero-order valence-corrected chi connectivity index (χ0v) is 11.1. The topological polar surface area (TPSA) is 104 Å². The summed E-state index contributed by atoms with van der Waals surface area (Å²) in [4.78, 5) is 23.9. The second-order valence-corrected chi connectivity index (χ2v) is 6.54. The van der Waals surface area contributed by atoms with E-state index in [1.54, 1.807) is 6.92 Å². The Kier molecular flexibility index (Phi) is 4.94. The standard InChI is InChI=1S/C10H18N2O5S/c1-2-8(9(13)14)11-10(15)12-4-3-6-18(16,17)7-5-12/h8H,2-7H2,1H3,(H,11,15)(H,13,14)/t8-/m0/s1. The number of urea groups is 1. The zero-order chi connectivity index (χ0) is 13.8. The molecule has 0 saturated carbocycles. The Hall–Kier alpha value is -1.31. The molecular weight excluding hydrogens is 260 g/mol. The van der Waals surface area contributed by atoms with Crippen molar-refractivity contribution in [3.8, 4) is 0 Å². The van der Waals surface area contributed by atoms with Crippen LogP contribution in [-0.4, -0.2) is 61.1 Å². The number of hydrogen-bond acceptors (Lipinski definition) is 4. The summed E-state index contributed by atoms with van der Waals surface area (Å²) in [6, 6.07) is -1.45. The molecule has 2 N–H and O–H groups in total. The van der Waals surface area contributed by atoms with Gasteiger partial charge in [0.25, 0.3) is 0 Å². The average Bonchev–Trinajstić information content (AvgIpc) is 2.46. The molecule has 8 heteroatoms. The van der Waals surface area contributed by atoms with E-state index in [1.165, 1.54) is 4.90 Å². The monoisotopic (exact) mass is 278 g/mol. The van der Waals surface area contributed by atoms with Gasteiger partial charge >= 0.3 is 12.0 Å². The predicted molar refractivity (Wildman–Crippen MR) is 65.1 cm³/mol. The van der Waals surface area contributed by atoms with E-state index in [-0.39, 0.29) is 24.5 Å². The van der Waals surface area contributed by atoms with Crippen LogP contribution in [0.3, 0.4) is 0 Å². The van der Waals surface area contributed by atoms with Crippen LogP contribution in [0.4, 0.5) is 4.79 Å². The first-order valence-electron chi connectivity index (χ1n) is 5.84. The number of carbonyl (C=O) groups excluding carboxylic acids is 1. The Balaban J connectivity index is 2.59. The predicted octanol–water partition coefficient (Wildman–Crippen LogP) is -0.320. The van der Waals surface area contributed by atoms with Crippen molar-refractivity contribution in [2.45, 2.75) is 25.8 Å². The number of carbonyl (C=O) groups is 2. The van der Waals surface area contributed by atoms with Crippen molar-refractivity contribution in [2.24, 2.45) is 0 Å². The minimum absolute atomic E-state index is 0.0652. The van der Waals surface area contributed by atoms with E-state index >= 15 is 0 Å². The largest absolute Gasteiger partial charge is 0.480 e. The van der Waals surface area contributed by atoms with Gasteiger partial charge < -0.3 is 15.3 Å². The molecule has 0 aromatic heterocycles. The number of carboxylic acid groups (broad SMARTS) is 1. The van der Waals surface area contributed by atoms with Crippen molar-refractivity contribution in [3.05, 3.63) is 0 Å². The van der Waals surface area contributed by atoms with Gasteiger partial charge in [0.1, 0.15) is 6.04 Å². The molecular formula is C10H18N2O5S. The molecule has 0 aromatic rings. The number of aliphatic carboxylic acids is 1. The van der Waals surface area contributed by atoms with E-state index in [4.69, 9.17) is 5.11 Å². The van der Waals surface area contributed by atoms with Gasteiger partial charge in [-0.25, -0.2) is 18.0 Å². The SMILES string of the molecule is CC[C@H](NC(=O)N1CCCS(=O)(=O)CC1)C(=O)O. The fourth-order valence-corrected chi connectivity index (χ4v) is 2.99. The fraction of sp³-hybridized carbons (Fsp3) is 0.800. The second kappa shape index (κ2) is 6.03. The summed E-state index contributed by atoms with van der Waals surface area (Å²) in [5, 5.41) is 11.2. The normalized spacial score (nSPS) is 20.8. The molecule has 1 rings (SSSR count). The molecule has 1 atom stereocenters. The van der Waals surface area contributed by atoms with Crippen molar-refractivity contribution in [1.82, 2.24) is 10.2 Å². The van der Waals surface area contributed by atoms with Gasteiger partial charge in [0, 0.05) is 13.1 Å². The molecule has 0 aromatic carbocycles. The summed E-state index contributed by atoms with van der Waals surface area (Å²) in [5.74, 6) is -1.08. The van der Waals surface area contributed by atoms with Crippen LogP contribution in [-0.2, 0) is 14.6 Å². The van der Waals surface area contributed by atoms with Crippen molar-refractivity contribution in [3.63, 3.8) is 0 Å². The van der Waals surface area contributed by atoms with Crippen molar-refractivity contribution in [1.29, 1.82) is 0 Å². The first-order chi connectivity index (χ1) is 8.35. The van der Waals surface area contributed by atoms with Crippen LogP contribution in [0.25, 0.3) is 0 Å². The average molecular weight is 278 g/mol. The molecule has 0 spiro atoms. The minimum Gasteiger partial charge on any atom is -0.480 e. The number of sulfone groups is 1. The highest BCUT2D eigenvalue weighted by molar-refractivity contribution is 7.91. The van der Waals surface area contributed by atoms with Crippen LogP contribution < -0.4 is 5.32 Å². The third-order valence-corrected chi connectivity index (χ3v) is 4.56. The highest BCUT2D eigenvalue weighted by Gasteiger charge is 2.25. The van der Waals surface area contributed by atoms with Crippen LogP contribution in [0.15, 0.2) is 0 Å². The number of rotatable bonds is 3. The maximum absolute atomic E-state index is 11.8. The lowest BCUT2D eigenvalue weighted by molar-refractivity contribution is -0.139. The summed E-state index contributed by atoms with van der Waals surface area (Å²) >= 11 is 0.